The van der Waals surface area contributed by atoms with Crippen molar-refractivity contribution in [3.05, 3.63) is 65.7 Å². The third kappa shape index (κ3) is 6.76. The van der Waals surface area contributed by atoms with E-state index >= 15 is 0 Å². The number of nitrogens with two attached hydrogens (primary N) is 1. The Kier molecular flexibility index (Phi) is 10.5. The summed E-state index contributed by atoms with van der Waals surface area (Å²) in [5.74, 6) is 0.230. The molecule has 4 N–H and O–H groups in total. The van der Waals surface area contributed by atoms with Crippen molar-refractivity contribution in [1.29, 1.82) is 0 Å². The van der Waals surface area contributed by atoms with Crippen molar-refractivity contribution in [2.45, 2.75) is 25.4 Å². The van der Waals surface area contributed by atoms with Crippen LogP contribution in [-0.4, -0.2) is 35.6 Å². The first-order valence-corrected chi connectivity index (χ1v) is 9.19. The van der Waals surface area contributed by atoms with Gasteiger partial charge in [-0.05, 0) is 55.1 Å². The van der Waals surface area contributed by atoms with Crippen molar-refractivity contribution < 1.29 is 9.90 Å². The van der Waals surface area contributed by atoms with E-state index in [0.717, 1.165) is 43.7 Å². The second-order valence-corrected chi connectivity index (χ2v) is 6.98. The van der Waals surface area contributed by atoms with E-state index in [2.05, 4.69) is 16.3 Å². The van der Waals surface area contributed by atoms with Crippen LogP contribution in [0.5, 0.6) is 0 Å². The molecule has 3 rings (SSSR count). The molecule has 0 aliphatic carbocycles. The number of anilines is 1. The summed E-state index contributed by atoms with van der Waals surface area (Å²) >= 11 is 0. The quantitative estimate of drug-likeness (QED) is 0.662. The van der Waals surface area contributed by atoms with Crippen molar-refractivity contribution in [1.82, 2.24) is 4.90 Å². The minimum atomic E-state index is -0.683. The monoisotopic (exact) mass is 425 g/mol. The van der Waals surface area contributed by atoms with Crippen LogP contribution in [0.1, 0.15) is 30.0 Å². The Hall–Kier alpha value is -1.63. The number of rotatable bonds is 6. The fourth-order valence-corrected chi connectivity index (χ4v) is 3.36. The van der Waals surface area contributed by atoms with E-state index in [1.165, 1.54) is 5.56 Å². The third-order valence-electron chi connectivity index (χ3n) is 5.01. The molecule has 1 amide bonds. The number of nitrogens with zero attached hydrogens (tertiary/aromatic N) is 1. The molecule has 1 saturated heterocycles. The van der Waals surface area contributed by atoms with E-state index in [1.807, 2.05) is 48.5 Å². The molecule has 1 aliphatic heterocycles. The fourth-order valence-electron chi connectivity index (χ4n) is 3.36. The lowest BCUT2D eigenvalue weighted by molar-refractivity contribution is -0.117. The number of nitrogens with one attached hydrogen (secondary N) is 1. The van der Waals surface area contributed by atoms with Gasteiger partial charge >= 0.3 is 0 Å². The van der Waals surface area contributed by atoms with E-state index < -0.39 is 6.04 Å². The van der Waals surface area contributed by atoms with Crippen molar-refractivity contribution >= 4 is 36.4 Å². The number of carbonyl (C=O) groups is 1. The average Bonchev–Trinajstić information content (AvgIpc) is 2.69. The molecular formula is C21H29Cl2N3O2. The Balaban J connectivity index is 0.00000196. The van der Waals surface area contributed by atoms with Gasteiger partial charge in [-0.3, -0.25) is 9.69 Å². The summed E-state index contributed by atoms with van der Waals surface area (Å²) < 4.78 is 0. The van der Waals surface area contributed by atoms with Crippen LogP contribution in [-0.2, 0) is 11.3 Å². The van der Waals surface area contributed by atoms with Crippen LogP contribution in [0.4, 0.5) is 5.69 Å². The van der Waals surface area contributed by atoms with Crippen molar-refractivity contribution in [3.63, 3.8) is 0 Å². The minimum absolute atomic E-state index is 0. The Labute approximate surface area is 179 Å². The van der Waals surface area contributed by atoms with Crippen molar-refractivity contribution in [3.8, 4) is 0 Å². The Bertz CT molecular complexity index is 723. The fraction of sp³-hybridized carbons (Fsp3) is 0.381. The highest BCUT2D eigenvalue weighted by Crippen LogP contribution is 2.20. The van der Waals surface area contributed by atoms with E-state index in [4.69, 9.17) is 5.73 Å². The highest BCUT2D eigenvalue weighted by molar-refractivity contribution is 5.95. The Morgan fingerprint density at radius 3 is 2.43 bits per heavy atom. The third-order valence-corrected chi connectivity index (χ3v) is 5.01. The molecule has 1 heterocycles. The summed E-state index contributed by atoms with van der Waals surface area (Å²) in [6.07, 6.45) is 2.08. The Morgan fingerprint density at radius 2 is 1.79 bits per heavy atom. The maximum Gasteiger partial charge on any atom is 0.245 e. The lowest BCUT2D eigenvalue weighted by Crippen LogP contribution is -2.34. The topological polar surface area (TPSA) is 78.6 Å². The SMILES string of the molecule is Cl.Cl.NC(C(=O)Nc1cccc(CN2CCC(CO)CC2)c1)c1ccccc1. The molecule has 5 nitrogen and oxygen atoms in total. The van der Waals surface area contributed by atoms with E-state index in [1.54, 1.807) is 0 Å². The van der Waals surface area contributed by atoms with Gasteiger partial charge in [0.15, 0.2) is 0 Å². The van der Waals surface area contributed by atoms with Gasteiger partial charge in [0, 0.05) is 18.8 Å². The second-order valence-electron chi connectivity index (χ2n) is 6.98. The molecule has 1 fully saturated rings. The number of carbonyl (C=O) groups excluding carboxylic acids is 1. The number of hydrogen-bond donors (Lipinski definition) is 3. The van der Waals surface area contributed by atoms with E-state index in [-0.39, 0.29) is 37.3 Å². The molecule has 0 radical (unpaired) electrons. The number of likely N-dealkylation sites (tertiary alicyclic amines) is 1. The van der Waals surface area contributed by atoms with Gasteiger partial charge in [-0.1, -0.05) is 42.5 Å². The van der Waals surface area contributed by atoms with Gasteiger partial charge in [0.2, 0.25) is 5.91 Å². The number of amides is 1. The van der Waals surface area contributed by atoms with Gasteiger partial charge in [-0.15, -0.1) is 24.8 Å². The van der Waals surface area contributed by atoms with Crippen LogP contribution in [0.15, 0.2) is 54.6 Å². The summed E-state index contributed by atoms with van der Waals surface area (Å²) in [4.78, 5) is 14.8. The van der Waals surface area contributed by atoms with Crippen molar-refractivity contribution in [2.24, 2.45) is 11.7 Å². The standard InChI is InChI=1S/C21H27N3O2.2ClH/c22-20(18-6-2-1-3-7-18)21(26)23-19-8-4-5-17(13-19)14-24-11-9-16(15-25)10-12-24;;/h1-8,13,16,20,25H,9-12,14-15,22H2,(H,23,26);2*1H. The maximum atomic E-state index is 12.4. The second kappa shape index (κ2) is 12.0. The number of benzene rings is 2. The van der Waals surface area contributed by atoms with Crippen LogP contribution in [0.2, 0.25) is 0 Å². The summed E-state index contributed by atoms with van der Waals surface area (Å²) in [6.45, 7) is 3.14. The maximum absolute atomic E-state index is 12.4. The number of hydrogen-bond acceptors (Lipinski definition) is 4. The van der Waals surface area contributed by atoms with Crippen LogP contribution < -0.4 is 11.1 Å². The van der Waals surface area contributed by atoms with Gasteiger partial charge in [-0.25, -0.2) is 0 Å². The molecule has 0 saturated carbocycles. The number of aliphatic hydroxyl groups is 1. The van der Waals surface area contributed by atoms with Crippen molar-refractivity contribution in [2.75, 3.05) is 25.0 Å². The first-order valence-electron chi connectivity index (χ1n) is 9.19. The molecule has 0 spiro atoms. The zero-order valence-electron chi connectivity index (χ0n) is 15.8. The lowest BCUT2D eigenvalue weighted by atomic mass is 9.97. The molecule has 28 heavy (non-hydrogen) atoms. The van der Waals surface area contributed by atoms with Gasteiger partial charge in [0.05, 0.1) is 0 Å². The normalized spacial score (nSPS) is 15.8. The summed E-state index contributed by atoms with van der Waals surface area (Å²) in [6, 6.07) is 16.6. The molecule has 1 atom stereocenters. The smallest absolute Gasteiger partial charge is 0.245 e. The van der Waals surface area contributed by atoms with Crippen LogP contribution in [0.3, 0.4) is 0 Å². The first kappa shape index (κ1) is 24.4. The number of halogens is 2. The molecule has 0 bridgehead atoms. The van der Waals surface area contributed by atoms with Gasteiger partial charge in [-0.2, -0.15) is 0 Å². The zero-order chi connectivity index (χ0) is 18.4. The largest absolute Gasteiger partial charge is 0.396 e. The molecule has 2 aromatic carbocycles. The number of aliphatic hydroxyl groups excluding tert-OH is 1. The summed E-state index contributed by atoms with van der Waals surface area (Å²) in [5, 5.41) is 12.2. The van der Waals surface area contributed by atoms with E-state index in [9.17, 15) is 9.90 Å². The predicted octanol–water partition coefficient (Wildman–Crippen LogP) is 3.37. The predicted molar refractivity (Wildman–Crippen MR) is 118 cm³/mol. The molecule has 1 aliphatic rings. The van der Waals surface area contributed by atoms with Gasteiger partial charge < -0.3 is 16.2 Å². The number of piperidine rings is 1. The summed E-state index contributed by atoms with van der Waals surface area (Å²) in [7, 11) is 0. The highest BCUT2D eigenvalue weighted by Gasteiger charge is 2.19. The zero-order valence-corrected chi connectivity index (χ0v) is 17.4. The van der Waals surface area contributed by atoms with Crippen LogP contribution in [0, 0.1) is 5.92 Å². The summed E-state index contributed by atoms with van der Waals surface area (Å²) in [5.41, 5.74) is 8.79. The van der Waals surface area contributed by atoms with Gasteiger partial charge in [0.25, 0.3) is 0 Å². The average molecular weight is 426 g/mol. The minimum Gasteiger partial charge on any atom is -0.396 e. The molecule has 0 aromatic heterocycles. The van der Waals surface area contributed by atoms with E-state index in [0.29, 0.717) is 5.92 Å². The highest BCUT2D eigenvalue weighted by atomic mass is 35.5. The molecule has 154 valence electrons. The molecule has 7 heteroatoms. The van der Waals surface area contributed by atoms with Crippen LogP contribution >= 0.6 is 24.8 Å². The van der Waals surface area contributed by atoms with Gasteiger partial charge in [0.1, 0.15) is 6.04 Å². The lowest BCUT2D eigenvalue weighted by Gasteiger charge is -2.31. The molecule has 2 aromatic rings. The molecular weight excluding hydrogens is 397 g/mol. The Morgan fingerprint density at radius 1 is 1.11 bits per heavy atom. The first-order chi connectivity index (χ1) is 12.7. The van der Waals surface area contributed by atoms with Crippen LogP contribution in [0.25, 0.3) is 0 Å². The molecule has 1 unspecified atom stereocenters.